The van der Waals surface area contributed by atoms with E-state index in [1.807, 2.05) is 12.1 Å². The molecule has 0 radical (unpaired) electrons. The van der Waals surface area contributed by atoms with E-state index in [0.717, 1.165) is 31.2 Å². The van der Waals surface area contributed by atoms with Crippen LogP contribution in [0.3, 0.4) is 0 Å². The zero-order chi connectivity index (χ0) is 18.6. The quantitative estimate of drug-likeness (QED) is 0.875. The van der Waals surface area contributed by atoms with Crippen LogP contribution in [-0.4, -0.2) is 23.9 Å². The highest BCUT2D eigenvalue weighted by Gasteiger charge is 2.33. The first-order valence-electron chi connectivity index (χ1n) is 8.61. The summed E-state index contributed by atoms with van der Waals surface area (Å²) in [6.45, 7) is 1.96. The molecule has 1 aliphatic rings. The molecule has 1 N–H and O–H groups in total. The zero-order valence-corrected chi connectivity index (χ0v) is 14.3. The molecule has 0 aliphatic carbocycles. The molecule has 7 heteroatoms. The van der Waals surface area contributed by atoms with Crippen LogP contribution in [0.25, 0.3) is 0 Å². The number of nitrogens with one attached hydrogen (secondary N) is 1. The van der Waals surface area contributed by atoms with Crippen molar-refractivity contribution in [1.82, 2.24) is 10.2 Å². The van der Waals surface area contributed by atoms with E-state index in [-0.39, 0.29) is 23.9 Å². The normalized spacial score (nSPS) is 18.7. The minimum Gasteiger partial charge on any atom is -0.468 e. The van der Waals surface area contributed by atoms with E-state index in [0.29, 0.717) is 13.1 Å². The van der Waals surface area contributed by atoms with Gasteiger partial charge in [-0.1, -0.05) is 18.2 Å². The molecule has 0 saturated carbocycles. The average Bonchev–Trinajstić information content (AvgIpc) is 3.12. The fourth-order valence-corrected chi connectivity index (χ4v) is 3.31. The largest absolute Gasteiger partial charge is 0.468 e. The maximum absolute atomic E-state index is 13.0. The van der Waals surface area contributed by atoms with Crippen LogP contribution < -0.4 is 5.32 Å². The predicted molar refractivity (Wildman–Crippen MR) is 90.0 cm³/mol. The standard InChI is InChI=1S/C19H21F3N2O2/c20-19(21,22)17-8-2-1-5-14(17)11-23-18(25)15-6-3-9-24(12-15)13-16-7-4-10-26-16/h1-2,4-5,7-8,10,15H,3,6,9,11-13H2,(H,23,25)/t15-/m1/s1. The highest BCUT2D eigenvalue weighted by Crippen LogP contribution is 2.31. The Morgan fingerprint density at radius 1 is 1.23 bits per heavy atom. The number of carbonyl (C=O) groups excluding carboxylic acids is 1. The summed E-state index contributed by atoms with van der Waals surface area (Å²) in [5.41, 5.74) is -0.625. The van der Waals surface area contributed by atoms with Crippen LogP contribution in [-0.2, 0) is 24.1 Å². The van der Waals surface area contributed by atoms with E-state index in [2.05, 4.69) is 10.2 Å². The van der Waals surface area contributed by atoms with Crippen molar-refractivity contribution in [3.8, 4) is 0 Å². The fraction of sp³-hybridized carbons (Fsp3) is 0.421. The van der Waals surface area contributed by atoms with Crippen molar-refractivity contribution in [2.45, 2.75) is 32.1 Å². The van der Waals surface area contributed by atoms with Crippen LogP contribution in [0.4, 0.5) is 13.2 Å². The maximum atomic E-state index is 13.0. The number of likely N-dealkylation sites (tertiary alicyclic amines) is 1. The van der Waals surface area contributed by atoms with Gasteiger partial charge in [-0.05, 0) is 43.1 Å². The lowest BCUT2D eigenvalue weighted by Crippen LogP contribution is -2.42. The van der Waals surface area contributed by atoms with Gasteiger partial charge in [-0.15, -0.1) is 0 Å². The second-order valence-corrected chi connectivity index (χ2v) is 6.53. The van der Waals surface area contributed by atoms with Gasteiger partial charge in [-0.3, -0.25) is 9.69 Å². The summed E-state index contributed by atoms with van der Waals surface area (Å²) >= 11 is 0. The Balaban J connectivity index is 1.57. The Kier molecular flexibility index (Phi) is 5.66. The van der Waals surface area contributed by atoms with Gasteiger partial charge in [0.05, 0.1) is 24.3 Å². The highest BCUT2D eigenvalue weighted by molar-refractivity contribution is 5.79. The smallest absolute Gasteiger partial charge is 0.416 e. The molecule has 0 spiro atoms. The minimum atomic E-state index is -4.42. The Morgan fingerprint density at radius 2 is 2.04 bits per heavy atom. The van der Waals surface area contributed by atoms with Crippen molar-refractivity contribution in [2.75, 3.05) is 13.1 Å². The molecule has 26 heavy (non-hydrogen) atoms. The van der Waals surface area contributed by atoms with Gasteiger partial charge in [-0.2, -0.15) is 13.2 Å². The van der Waals surface area contributed by atoms with Crippen molar-refractivity contribution in [2.24, 2.45) is 5.92 Å². The topological polar surface area (TPSA) is 45.5 Å². The molecule has 1 aliphatic heterocycles. The van der Waals surface area contributed by atoms with Gasteiger partial charge in [-0.25, -0.2) is 0 Å². The van der Waals surface area contributed by atoms with Crippen LogP contribution in [0.2, 0.25) is 0 Å². The van der Waals surface area contributed by atoms with Crippen molar-refractivity contribution >= 4 is 5.91 Å². The first kappa shape index (κ1) is 18.5. The molecule has 4 nitrogen and oxygen atoms in total. The number of halogens is 3. The first-order chi connectivity index (χ1) is 12.4. The zero-order valence-electron chi connectivity index (χ0n) is 14.3. The second-order valence-electron chi connectivity index (χ2n) is 6.53. The Hall–Kier alpha value is -2.28. The molecule has 1 aromatic carbocycles. The van der Waals surface area contributed by atoms with Gasteiger partial charge in [0, 0.05) is 13.1 Å². The van der Waals surface area contributed by atoms with Gasteiger partial charge in [0.15, 0.2) is 0 Å². The molecule has 3 rings (SSSR count). The lowest BCUT2D eigenvalue weighted by atomic mass is 9.96. The lowest BCUT2D eigenvalue weighted by molar-refractivity contribution is -0.138. The SMILES string of the molecule is O=C(NCc1ccccc1C(F)(F)F)[C@@H]1CCCN(Cc2ccco2)C1. The summed E-state index contributed by atoms with van der Waals surface area (Å²) in [4.78, 5) is 14.6. The summed E-state index contributed by atoms with van der Waals surface area (Å²) < 4.78 is 44.4. The van der Waals surface area contributed by atoms with Crippen molar-refractivity contribution in [1.29, 1.82) is 0 Å². The van der Waals surface area contributed by atoms with Gasteiger partial charge in [0.1, 0.15) is 5.76 Å². The maximum Gasteiger partial charge on any atom is 0.416 e. The number of carbonyl (C=O) groups is 1. The van der Waals surface area contributed by atoms with Crippen LogP contribution in [0.5, 0.6) is 0 Å². The predicted octanol–water partition coefficient (Wildman–Crippen LogP) is 3.83. The molecule has 1 amide bonds. The summed E-state index contributed by atoms with van der Waals surface area (Å²) in [7, 11) is 0. The summed E-state index contributed by atoms with van der Waals surface area (Å²) in [5, 5.41) is 2.67. The molecule has 0 unspecified atom stereocenters. The van der Waals surface area contributed by atoms with E-state index in [1.54, 1.807) is 12.3 Å². The molecule has 0 bridgehead atoms. The number of benzene rings is 1. The fourth-order valence-electron chi connectivity index (χ4n) is 3.31. The van der Waals surface area contributed by atoms with E-state index in [9.17, 15) is 18.0 Å². The number of hydrogen-bond acceptors (Lipinski definition) is 3. The number of hydrogen-bond donors (Lipinski definition) is 1. The van der Waals surface area contributed by atoms with Gasteiger partial charge >= 0.3 is 6.18 Å². The summed E-state index contributed by atoms with van der Waals surface area (Å²) in [6, 6.07) is 9.03. The Morgan fingerprint density at radius 3 is 2.77 bits per heavy atom. The first-order valence-corrected chi connectivity index (χ1v) is 8.61. The van der Waals surface area contributed by atoms with Gasteiger partial charge < -0.3 is 9.73 Å². The molecule has 2 heterocycles. The Labute approximate surface area is 150 Å². The number of nitrogens with zero attached hydrogens (tertiary/aromatic N) is 1. The molecule has 1 atom stereocenters. The minimum absolute atomic E-state index is 0.0802. The summed E-state index contributed by atoms with van der Waals surface area (Å²) in [5.74, 6) is 0.410. The average molecular weight is 366 g/mol. The third-order valence-corrected chi connectivity index (χ3v) is 4.61. The number of alkyl halides is 3. The molecule has 2 aromatic rings. The molecular formula is C19H21F3N2O2. The lowest BCUT2D eigenvalue weighted by Gasteiger charge is -2.31. The van der Waals surface area contributed by atoms with Gasteiger partial charge in [0.2, 0.25) is 5.91 Å². The van der Waals surface area contributed by atoms with E-state index in [4.69, 9.17) is 4.42 Å². The van der Waals surface area contributed by atoms with Crippen LogP contribution in [0.1, 0.15) is 29.7 Å². The van der Waals surface area contributed by atoms with Crippen molar-refractivity contribution < 1.29 is 22.4 Å². The third kappa shape index (κ3) is 4.66. The van der Waals surface area contributed by atoms with Crippen LogP contribution >= 0.6 is 0 Å². The van der Waals surface area contributed by atoms with Gasteiger partial charge in [0.25, 0.3) is 0 Å². The van der Waals surface area contributed by atoms with E-state index in [1.165, 1.54) is 12.1 Å². The number of rotatable bonds is 5. The monoisotopic (exact) mass is 366 g/mol. The van der Waals surface area contributed by atoms with Crippen molar-refractivity contribution in [3.05, 3.63) is 59.5 Å². The van der Waals surface area contributed by atoms with Crippen molar-refractivity contribution in [3.63, 3.8) is 0 Å². The number of furan rings is 1. The second kappa shape index (κ2) is 7.95. The molecular weight excluding hydrogens is 345 g/mol. The highest BCUT2D eigenvalue weighted by atomic mass is 19.4. The van der Waals surface area contributed by atoms with Crippen LogP contribution in [0, 0.1) is 5.92 Å². The third-order valence-electron chi connectivity index (χ3n) is 4.61. The van der Waals surface area contributed by atoms with E-state index >= 15 is 0 Å². The summed E-state index contributed by atoms with van der Waals surface area (Å²) in [6.07, 6.45) is -1.20. The number of amides is 1. The van der Waals surface area contributed by atoms with Crippen LogP contribution in [0.15, 0.2) is 47.1 Å². The Bertz CT molecular complexity index is 729. The molecule has 1 fully saturated rings. The molecule has 1 aromatic heterocycles. The molecule has 140 valence electrons. The molecule has 1 saturated heterocycles. The van der Waals surface area contributed by atoms with E-state index < -0.39 is 11.7 Å². The number of piperidine rings is 1.